The van der Waals surface area contributed by atoms with Gasteiger partial charge in [-0.15, -0.1) is 11.3 Å². The van der Waals surface area contributed by atoms with Crippen LogP contribution in [0.15, 0.2) is 22.9 Å². The molecule has 4 rings (SSSR count). The van der Waals surface area contributed by atoms with E-state index < -0.39 is 0 Å². The van der Waals surface area contributed by atoms with E-state index in [0.717, 1.165) is 29.4 Å². The number of hydrogen-bond acceptors (Lipinski definition) is 4. The number of aryl methyl sites for hydroxylation is 3. The van der Waals surface area contributed by atoms with Gasteiger partial charge in [-0.25, -0.2) is 4.98 Å². The first-order valence-corrected chi connectivity index (χ1v) is 8.27. The molecule has 0 bridgehead atoms. The lowest BCUT2D eigenvalue weighted by Gasteiger charge is -2.22. The van der Waals surface area contributed by atoms with Gasteiger partial charge >= 0.3 is 0 Å². The third kappa shape index (κ3) is 2.21. The second-order valence-corrected chi connectivity index (χ2v) is 6.98. The Labute approximate surface area is 127 Å². The number of thiazole rings is 1. The van der Waals surface area contributed by atoms with Gasteiger partial charge in [0.25, 0.3) is 0 Å². The van der Waals surface area contributed by atoms with Crippen LogP contribution in [0.4, 0.5) is 0 Å². The molecule has 0 amide bonds. The van der Waals surface area contributed by atoms with Crippen molar-refractivity contribution >= 4 is 16.3 Å². The molecule has 0 spiro atoms. The Morgan fingerprint density at radius 2 is 2.38 bits per heavy atom. The lowest BCUT2D eigenvalue weighted by Crippen LogP contribution is -2.24. The van der Waals surface area contributed by atoms with Crippen molar-refractivity contribution in [2.75, 3.05) is 0 Å². The molecule has 0 aromatic carbocycles. The van der Waals surface area contributed by atoms with E-state index in [-0.39, 0.29) is 0 Å². The summed E-state index contributed by atoms with van der Waals surface area (Å²) in [5.74, 6) is 1.15. The van der Waals surface area contributed by atoms with Gasteiger partial charge < -0.3 is 9.73 Å². The van der Waals surface area contributed by atoms with E-state index >= 15 is 0 Å². The SMILES string of the molecule is Cc1cn2c(CNC3CCCc4occc43)c(C)nc2s1. The number of imidazole rings is 1. The van der Waals surface area contributed by atoms with Crippen molar-refractivity contribution in [3.8, 4) is 0 Å². The van der Waals surface area contributed by atoms with Crippen molar-refractivity contribution in [2.24, 2.45) is 0 Å². The smallest absolute Gasteiger partial charge is 0.194 e. The number of aromatic nitrogens is 2. The van der Waals surface area contributed by atoms with Crippen molar-refractivity contribution in [3.05, 3.63) is 46.1 Å². The molecule has 5 heteroatoms. The Morgan fingerprint density at radius 1 is 1.48 bits per heavy atom. The van der Waals surface area contributed by atoms with Gasteiger partial charge in [-0.05, 0) is 32.8 Å². The first-order valence-electron chi connectivity index (χ1n) is 7.46. The molecule has 3 heterocycles. The lowest BCUT2D eigenvalue weighted by molar-refractivity contribution is 0.409. The molecular formula is C16H19N3OS. The number of nitrogens with zero attached hydrogens (tertiary/aromatic N) is 2. The van der Waals surface area contributed by atoms with Crippen LogP contribution >= 0.6 is 11.3 Å². The predicted molar refractivity (Wildman–Crippen MR) is 83.8 cm³/mol. The summed E-state index contributed by atoms with van der Waals surface area (Å²) in [6, 6.07) is 2.51. The second kappa shape index (κ2) is 5.00. The Bertz CT molecular complexity index is 783. The molecule has 3 aromatic heterocycles. The zero-order chi connectivity index (χ0) is 14.4. The van der Waals surface area contributed by atoms with Gasteiger partial charge in [-0.2, -0.15) is 0 Å². The number of furan rings is 1. The Hall–Kier alpha value is -1.59. The lowest BCUT2D eigenvalue weighted by atomic mass is 9.93. The monoisotopic (exact) mass is 301 g/mol. The van der Waals surface area contributed by atoms with Gasteiger partial charge in [0.15, 0.2) is 4.96 Å². The van der Waals surface area contributed by atoms with Crippen LogP contribution in [0, 0.1) is 13.8 Å². The summed E-state index contributed by atoms with van der Waals surface area (Å²) in [4.78, 5) is 7.05. The van der Waals surface area contributed by atoms with Crippen LogP contribution in [0.1, 0.15) is 46.5 Å². The molecule has 1 N–H and O–H groups in total. The molecule has 1 aliphatic rings. The van der Waals surface area contributed by atoms with Crippen molar-refractivity contribution in [1.82, 2.24) is 14.7 Å². The number of nitrogens with one attached hydrogen (secondary N) is 1. The summed E-state index contributed by atoms with van der Waals surface area (Å²) >= 11 is 1.75. The Balaban J connectivity index is 1.58. The fraction of sp³-hybridized carbons (Fsp3) is 0.438. The molecule has 0 radical (unpaired) electrons. The predicted octanol–water partition coefficient (Wildman–Crippen LogP) is 3.77. The first kappa shape index (κ1) is 13.1. The Morgan fingerprint density at radius 3 is 3.29 bits per heavy atom. The molecule has 1 aliphatic carbocycles. The molecule has 1 atom stereocenters. The summed E-state index contributed by atoms with van der Waals surface area (Å²) in [7, 11) is 0. The average Bonchev–Trinajstić information content (AvgIpc) is 3.11. The highest BCUT2D eigenvalue weighted by Gasteiger charge is 2.22. The van der Waals surface area contributed by atoms with Crippen LogP contribution in [0.3, 0.4) is 0 Å². The van der Waals surface area contributed by atoms with E-state index in [1.165, 1.54) is 29.0 Å². The summed E-state index contributed by atoms with van der Waals surface area (Å²) in [5, 5.41) is 3.69. The van der Waals surface area contributed by atoms with Crippen LogP contribution < -0.4 is 5.32 Å². The molecule has 4 nitrogen and oxygen atoms in total. The van der Waals surface area contributed by atoms with Crippen molar-refractivity contribution < 1.29 is 4.42 Å². The molecular weight excluding hydrogens is 282 g/mol. The maximum Gasteiger partial charge on any atom is 0.194 e. The first-order chi connectivity index (χ1) is 10.2. The van der Waals surface area contributed by atoms with Crippen LogP contribution in [0.2, 0.25) is 0 Å². The number of fused-ring (bicyclic) bond motifs is 2. The molecule has 21 heavy (non-hydrogen) atoms. The van der Waals surface area contributed by atoms with E-state index in [1.54, 1.807) is 11.3 Å². The molecule has 0 fully saturated rings. The van der Waals surface area contributed by atoms with Crippen LogP contribution in [-0.2, 0) is 13.0 Å². The van der Waals surface area contributed by atoms with E-state index in [4.69, 9.17) is 4.42 Å². The largest absolute Gasteiger partial charge is 0.469 e. The van der Waals surface area contributed by atoms with Gasteiger partial charge in [0.2, 0.25) is 0 Å². The van der Waals surface area contributed by atoms with E-state index in [2.05, 4.69) is 40.8 Å². The molecule has 110 valence electrons. The van der Waals surface area contributed by atoms with E-state index in [0.29, 0.717) is 6.04 Å². The normalized spacial score (nSPS) is 18.3. The fourth-order valence-corrected chi connectivity index (χ4v) is 4.13. The molecule has 0 saturated heterocycles. The zero-order valence-electron chi connectivity index (χ0n) is 12.3. The maximum atomic E-state index is 5.56. The minimum Gasteiger partial charge on any atom is -0.469 e. The fourth-order valence-electron chi connectivity index (χ4n) is 3.24. The molecule has 1 unspecified atom stereocenters. The molecule has 3 aromatic rings. The third-order valence-corrected chi connectivity index (χ3v) is 5.21. The van der Waals surface area contributed by atoms with Gasteiger partial charge in [-0.3, -0.25) is 4.40 Å². The van der Waals surface area contributed by atoms with Gasteiger partial charge in [0.05, 0.1) is 17.7 Å². The van der Waals surface area contributed by atoms with Crippen molar-refractivity contribution in [3.63, 3.8) is 0 Å². The highest BCUT2D eigenvalue weighted by Crippen LogP contribution is 2.31. The van der Waals surface area contributed by atoms with Gasteiger partial charge in [-0.1, -0.05) is 0 Å². The second-order valence-electron chi connectivity index (χ2n) is 5.76. The summed E-state index contributed by atoms with van der Waals surface area (Å²) < 4.78 is 7.79. The van der Waals surface area contributed by atoms with Crippen LogP contribution in [0.25, 0.3) is 4.96 Å². The summed E-state index contributed by atoms with van der Waals surface area (Å²) in [6.45, 7) is 5.07. The summed E-state index contributed by atoms with van der Waals surface area (Å²) in [5.41, 5.74) is 3.73. The van der Waals surface area contributed by atoms with Crippen LogP contribution in [0.5, 0.6) is 0 Å². The molecule has 0 aliphatic heterocycles. The topological polar surface area (TPSA) is 42.5 Å². The van der Waals surface area contributed by atoms with Crippen molar-refractivity contribution in [2.45, 2.75) is 45.7 Å². The maximum absolute atomic E-state index is 5.56. The third-order valence-electron chi connectivity index (χ3n) is 4.31. The minimum absolute atomic E-state index is 0.400. The average molecular weight is 301 g/mol. The zero-order valence-corrected chi connectivity index (χ0v) is 13.2. The van der Waals surface area contributed by atoms with Crippen LogP contribution in [-0.4, -0.2) is 9.38 Å². The quantitative estimate of drug-likeness (QED) is 0.800. The molecule has 0 saturated carbocycles. The van der Waals surface area contributed by atoms with Crippen molar-refractivity contribution in [1.29, 1.82) is 0 Å². The summed E-state index contributed by atoms with van der Waals surface area (Å²) in [6.07, 6.45) is 7.43. The minimum atomic E-state index is 0.400. The number of hydrogen-bond donors (Lipinski definition) is 1. The van der Waals surface area contributed by atoms with Gasteiger partial charge in [0.1, 0.15) is 5.76 Å². The highest BCUT2D eigenvalue weighted by molar-refractivity contribution is 7.17. The van der Waals surface area contributed by atoms with Gasteiger partial charge in [0, 0.05) is 35.6 Å². The number of rotatable bonds is 3. The van der Waals surface area contributed by atoms with E-state index in [9.17, 15) is 0 Å². The highest BCUT2D eigenvalue weighted by atomic mass is 32.1. The van der Waals surface area contributed by atoms with E-state index in [1.807, 2.05) is 6.26 Å². The standard InChI is InChI=1S/C16H19N3OS/c1-10-9-19-14(11(2)18-16(19)21-10)8-17-13-4-3-5-15-12(13)6-7-20-15/h6-7,9,13,17H,3-5,8H2,1-2H3. The Kier molecular flexibility index (Phi) is 3.12.